The summed E-state index contributed by atoms with van der Waals surface area (Å²) < 4.78 is 11.5. The first-order valence-electron chi connectivity index (χ1n) is 7.89. The number of benzene rings is 1. The van der Waals surface area contributed by atoms with E-state index in [1.54, 1.807) is 4.90 Å². The number of carbonyl (C=O) groups excluding carboxylic acids is 1. The third kappa shape index (κ3) is 3.27. The highest BCUT2D eigenvalue weighted by molar-refractivity contribution is 5.70. The van der Waals surface area contributed by atoms with E-state index in [1.807, 2.05) is 65.8 Å². The van der Waals surface area contributed by atoms with Crippen LogP contribution in [0.25, 0.3) is 0 Å². The number of ether oxygens (including phenoxy) is 2. The van der Waals surface area contributed by atoms with Gasteiger partial charge < -0.3 is 9.47 Å². The molecule has 4 heteroatoms. The van der Waals surface area contributed by atoms with Gasteiger partial charge in [0.1, 0.15) is 11.8 Å². The minimum Gasteiger partial charge on any atom is -0.441 e. The van der Waals surface area contributed by atoms with Crippen molar-refractivity contribution in [3.63, 3.8) is 0 Å². The average Bonchev–Trinajstić information content (AvgIpc) is 2.66. The van der Waals surface area contributed by atoms with E-state index < -0.39 is 5.72 Å². The molecule has 22 heavy (non-hydrogen) atoms. The standard InChI is InChI=1S/C18H27NO3/c1-7-15(14-10-8-13(2)9-11-14)22-16(20)19-17(3,4)12-21-18(19,5)6/h8-11,15H,7,12H2,1-6H3/t15-/m1/s1. The van der Waals surface area contributed by atoms with Crippen molar-refractivity contribution in [2.75, 3.05) is 6.61 Å². The van der Waals surface area contributed by atoms with E-state index in [9.17, 15) is 4.79 Å². The van der Waals surface area contributed by atoms with E-state index in [-0.39, 0.29) is 17.7 Å². The van der Waals surface area contributed by atoms with Crippen molar-refractivity contribution in [1.82, 2.24) is 4.90 Å². The minimum absolute atomic E-state index is 0.236. The quantitative estimate of drug-likeness (QED) is 0.829. The lowest BCUT2D eigenvalue weighted by atomic mass is 10.0. The maximum absolute atomic E-state index is 12.7. The van der Waals surface area contributed by atoms with Gasteiger partial charge in [0.2, 0.25) is 0 Å². The van der Waals surface area contributed by atoms with Crippen molar-refractivity contribution >= 4 is 6.09 Å². The number of rotatable bonds is 3. The summed E-state index contributed by atoms with van der Waals surface area (Å²) in [6, 6.07) is 8.12. The Labute approximate surface area is 133 Å². The maximum Gasteiger partial charge on any atom is 0.413 e. The maximum atomic E-state index is 12.7. The molecule has 1 heterocycles. The second-order valence-corrected chi connectivity index (χ2v) is 7.07. The lowest BCUT2D eigenvalue weighted by Crippen LogP contribution is -2.53. The topological polar surface area (TPSA) is 38.8 Å². The molecule has 1 aromatic rings. The first-order valence-corrected chi connectivity index (χ1v) is 7.89. The van der Waals surface area contributed by atoms with Crippen molar-refractivity contribution in [2.24, 2.45) is 0 Å². The molecule has 0 aromatic heterocycles. The monoisotopic (exact) mass is 305 g/mol. The van der Waals surface area contributed by atoms with Crippen LogP contribution in [0, 0.1) is 6.92 Å². The van der Waals surface area contributed by atoms with Crippen LogP contribution in [-0.4, -0.2) is 28.9 Å². The van der Waals surface area contributed by atoms with E-state index in [1.165, 1.54) is 5.56 Å². The molecule has 1 amide bonds. The van der Waals surface area contributed by atoms with Gasteiger partial charge in [-0.15, -0.1) is 0 Å². The van der Waals surface area contributed by atoms with E-state index in [0.717, 1.165) is 12.0 Å². The summed E-state index contributed by atoms with van der Waals surface area (Å²) in [7, 11) is 0. The zero-order valence-electron chi connectivity index (χ0n) is 14.5. The van der Waals surface area contributed by atoms with E-state index in [4.69, 9.17) is 9.47 Å². The molecule has 0 N–H and O–H groups in total. The molecule has 1 atom stereocenters. The Morgan fingerprint density at radius 2 is 1.86 bits per heavy atom. The zero-order valence-corrected chi connectivity index (χ0v) is 14.5. The molecular formula is C18H27NO3. The fraction of sp³-hybridized carbons (Fsp3) is 0.611. The van der Waals surface area contributed by atoms with Crippen molar-refractivity contribution in [3.05, 3.63) is 35.4 Å². The van der Waals surface area contributed by atoms with Crippen LogP contribution < -0.4 is 0 Å². The van der Waals surface area contributed by atoms with Crippen LogP contribution in [0.1, 0.15) is 58.3 Å². The van der Waals surface area contributed by atoms with Gasteiger partial charge in [0, 0.05) is 0 Å². The molecule has 1 aromatic carbocycles. The van der Waals surface area contributed by atoms with Gasteiger partial charge in [-0.1, -0.05) is 36.8 Å². The molecule has 4 nitrogen and oxygen atoms in total. The molecule has 0 aliphatic carbocycles. The number of carbonyl (C=O) groups is 1. The molecule has 122 valence electrons. The smallest absolute Gasteiger partial charge is 0.413 e. The van der Waals surface area contributed by atoms with Crippen LogP contribution in [-0.2, 0) is 9.47 Å². The van der Waals surface area contributed by atoms with Crippen LogP contribution in [0.3, 0.4) is 0 Å². The minimum atomic E-state index is -0.647. The highest BCUT2D eigenvalue weighted by Crippen LogP contribution is 2.36. The molecule has 1 fully saturated rings. The molecule has 0 saturated carbocycles. The number of amides is 1. The molecule has 1 aliphatic heterocycles. The Morgan fingerprint density at radius 1 is 1.27 bits per heavy atom. The predicted octanol–water partition coefficient (Wildman–Crippen LogP) is 4.43. The lowest BCUT2D eigenvalue weighted by Gasteiger charge is -2.37. The van der Waals surface area contributed by atoms with Gasteiger partial charge in [0.15, 0.2) is 0 Å². The van der Waals surface area contributed by atoms with E-state index in [2.05, 4.69) is 0 Å². The second-order valence-electron chi connectivity index (χ2n) is 7.07. The predicted molar refractivity (Wildman–Crippen MR) is 86.6 cm³/mol. The van der Waals surface area contributed by atoms with Crippen molar-refractivity contribution < 1.29 is 14.3 Å². The first kappa shape index (κ1) is 16.8. The van der Waals surface area contributed by atoms with Gasteiger partial charge in [0.05, 0.1) is 12.1 Å². The van der Waals surface area contributed by atoms with Crippen molar-refractivity contribution in [1.29, 1.82) is 0 Å². The lowest BCUT2D eigenvalue weighted by molar-refractivity contribution is -0.0590. The summed E-state index contributed by atoms with van der Waals surface area (Å²) in [4.78, 5) is 14.4. The zero-order chi connectivity index (χ0) is 16.5. The highest BCUT2D eigenvalue weighted by Gasteiger charge is 2.50. The molecule has 1 saturated heterocycles. The van der Waals surface area contributed by atoms with Crippen molar-refractivity contribution in [3.8, 4) is 0 Å². The second kappa shape index (κ2) is 5.92. The van der Waals surface area contributed by atoms with Gasteiger partial charge in [-0.25, -0.2) is 4.79 Å². The Bertz CT molecular complexity index is 518. The Morgan fingerprint density at radius 3 is 2.32 bits per heavy atom. The summed E-state index contributed by atoms with van der Waals surface area (Å²) in [5, 5.41) is 0. The van der Waals surface area contributed by atoms with Crippen LogP contribution in [0.4, 0.5) is 4.79 Å². The summed E-state index contributed by atoms with van der Waals surface area (Å²) in [5.41, 5.74) is 1.20. The number of nitrogens with zero attached hydrogens (tertiary/aromatic N) is 1. The van der Waals surface area contributed by atoms with Gasteiger partial charge >= 0.3 is 6.09 Å². The van der Waals surface area contributed by atoms with Crippen LogP contribution in [0.5, 0.6) is 0 Å². The first-order chi connectivity index (χ1) is 10.2. The number of aryl methyl sites for hydroxylation is 1. The SMILES string of the molecule is CC[C@@H](OC(=O)N1C(C)(C)COC1(C)C)c1ccc(C)cc1. The summed E-state index contributed by atoms with van der Waals surface area (Å²) in [6.07, 6.45) is 0.185. The fourth-order valence-electron chi connectivity index (χ4n) is 3.02. The number of hydrogen-bond acceptors (Lipinski definition) is 3. The van der Waals surface area contributed by atoms with E-state index >= 15 is 0 Å². The Hall–Kier alpha value is -1.55. The molecule has 2 rings (SSSR count). The van der Waals surface area contributed by atoms with Gasteiger partial charge in [-0.3, -0.25) is 4.90 Å². The molecule has 0 unspecified atom stereocenters. The molecular weight excluding hydrogens is 278 g/mol. The van der Waals surface area contributed by atoms with Crippen LogP contribution >= 0.6 is 0 Å². The largest absolute Gasteiger partial charge is 0.441 e. The molecule has 0 spiro atoms. The molecule has 0 bridgehead atoms. The van der Waals surface area contributed by atoms with E-state index in [0.29, 0.717) is 6.61 Å². The Balaban J connectivity index is 2.17. The van der Waals surface area contributed by atoms with Gasteiger partial charge in [0.25, 0.3) is 0 Å². The third-order valence-electron chi connectivity index (χ3n) is 4.17. The third-order valence-corrected chi connectivity index (χ3v) is 4.17. The number of hydrogen-bond donors (Lipinski definition) is 0. The average molecular weight is 305 g/mol. The molecule has 1 aliphatic rings. The van der Waals surface area contributed by atoms with Crippen LogP contribution in [0.2, 0.25) is 0 Å². The van der Waals surface area contributed by atoms with Crippen molar-refractivity contribution in [2.45, 2.75) is 65.3 Å². The fourth-order valence-corrected chi connectivity index (χ4v) is 3.02. The highest BCUT2D eigenvalue weighted by atomic mass is 16.6. The summed E-state index contributed by atoms with van der Waals surface area (Å²) in [5.74, 6) is 0. The normalized spacial score (nSPS) is 20.7. The summed E-state index contributed by atoms with van der Waals surface area (Å²) in [6.45, 7) is 12.4. The molecule has 0 radical (unpaired) electrons. The Kier molecular flexibility index (Phi) is 4.52. The van der Waals surface area contributed by atoms with Gasteiger partial charge in [-0.2, -0.15) is 0 Å². The van der Waals surface area contributed by atoms with Gasteiger partial charge in [-0.05, 0) is 46.6 Å². The van der Waals surface area contributed by atoms with Crippen LogP contribution in [0.15, 0.2) is 24.3 Å². The summed E-state index contributed by atoms with van der Waals surface area (Å²) >= 11 is 0.